The largest absolute Gasteiger partial charge is 0.438 e. The Kier molecular flexibility index (Phi) is 3.66. The number of aromatic nitrogens is 1. The van der Waals surface area contributed by atoms with Crippen molar-refractivity contribution < 1.29 is 13.9 Å². The van der Waals surface area contributed by atoms with Gasteiger partial charge in [0.2, 0.25) is 5.88 Å². The van der Waals surface area contributed by atoms with Crippen molar-refractivity contribution in [2.24, 2.45) is 5.73 Å². The Morgan fingerprint density at radius 1 is 1.37 bits per heavy atom. The van der Waals surface area contributed by atoms with Gasteiger partial charge in [-0.05, 0) is 40.2 Å². The first-order chi connectivity index (χ1) is 8.97. The Labute approximate surface area is 116 Å². The second-order valence-corrected chi connectivity index (χ2v) is 4.52. The smallest absolute Gasteiger partial charge is 0.254 e. The van der Waals surface area contributed by atoms with Crippen LogP contribution in [0.2, 0.25) is 0 Å². The molecule has 0 saturated heterocycles. The fraction of sp³-hybridized carbons (Fsp3) is 0. The third kappa shape index (κ3) is 3.00. The molecule has 0 fully saturated rings. The minimum atomic E-state index is -0.712. The third-order valence-corrected chi connectivity index (χ3v) is 2.85. The van der Waals surface area contributed by atoms with Crippen molar-refractivity contribution in [3.63, 3.8) is 0 Å². The summed E-state index contributed by atoms with van der Waals surface area (Å²) in [5.41, 5.74) is 11.1. The molecule has 0 radical (unpaired) electrons. The summed E-state index contributed by atoms with van der Waals surface area (Å²) >= 11 is 3.03. The molecule has 4 N–H and O–H groups in total. The van der Waals surface area contributed by atoms with Gasteiger partial charge in [0.1, 0.15) is 17.1 Å². The fourth-order valence-electron chi connectivity index (χ4n) is 1.38. The van der Waals surface area contributed by atoms with Gasteiger partial charge in [-0.1, -0.05) is 0 Å². The molecule has 1 aromatic carbocycles. The first-order valence-electron chi connectivity index (χ1n) is 5.15. The summed E-state index contributed by atoms with van der Waals surface area (Å²) in [5.74, 6) is -0.808. The summed E-state index contributed by atoms with van der Waals surface area (Å²) in [4.78, 5) is 15.2. The molecule has 0 atom stereocenters. The van der Waals surface area contributed by atoms with Crippen LogP contribution in [-0.2, 0) is 0 Å². The van der Waals surface area contributed by atoms with Crippen LogP contribution in [0.1, 0.15) is 10.4 Å². The van der Waals surface area contributed by atoms with E-state index in [4.69, 9.17) is 16.2 Å². The lowest BCUT2D eigenvalue weighted by molar-refractivity contribution is 0.0997. The highest BCUT2D eigenvalue weighted by atomic mass is 79.9. The van der Waals surface area contributed by atoms with E-state index in [9.17, 15) is 9.18 Å². The summed E-state index contributed by atoms with van der Waals surface area (Å²) in [6.07, 6.45) is 1.33. The molecule has 2 rings (SSSR count). The number of benzene rings is 1. The van der Waals surface area contributed by atoms with Gasteiger partial charge < -0.3 is 16.2 Å². The Morgan fingerprint density at radius 2 is 2.11 bits per heavy atom. The second-order valence-electron chi connectivity index (χ2n) is 3.66. The molecule has 1 amide bonds. The fourth-order valence-corrected chi connectivity index (χ4v) is 1.74. The SMILES string of the molecule is NC(=O)c1cc(N)cnc1Oc1ccc(F)c(Br)c1. The average molecular weight is 326 g/mol. The molecular weight excluding hydrogens is 317 g/mol. The van der Waals surface area contributed by atoms with Crippen molar-refractivity contribution >= 4 is 27.5 Å². The van der Waals surface area contributed by atoms with E-state index >= 15 is 0 Å². The second kappa shape index (κ2) is 5.23. The van der Waals surface area contributed by atoms with Crippen LogP contribution in [0.4, 0.5) is 10.1 Å². The minimum absolute atomic E-state index is 0.0141. The van der Waals surface area contributed by atoms with E-state index in [1.165, 1.54) is 30.5 Å². The van der Waals surface area contributed by atoms with Crippen LogP contribution in [0.3, 0.4) is 0 Å². The van der Waals surface area contributed by atoms with Gasteiger partial charge in [-0.2, -0.15) is 0 Å². The van der Waals surface area contributed by atoms with Crippen LogP contribution in [0.15, 0.2) is 34.9 Å². The molecule has 0 aliphatic rings. The normalized spacial score (nSPS) is 10.2. The van der Waals surface area contributed by atoms with Crippen molar-refractivity contribution in [1.82, 2.24) is 4.98 Å². The number of carbonyl (C=O) groups excluding carboxylic acids is 1. The Hall–Kier alpha value is -2.15. The van der Waals surface area contributed by atoms with Gasteiger partial charge in [-0.25, -0.2) is 9.37 Å². The number of nitrogen functional groups attached to an aromatic ring is 1. The molecule has 0 saturated carbocycles. The number of anilines is 1. The van der Waals surface area contributed by atoms with E-state index in [1.807, 2.05) is 0 Å². The van der Waals surface area contributed by atoms with Crippen LogP contribution in [0.5, 0.6) is 11.6 Å². The van der Waals surface area contributed by atoms with Crippen molar-refractivity contribution in [2.75, 3.05) is 5.73 Å². The highest BCUT2D eigenvalue weighted by molar-refractivity contribution is 9.10. The topological polar surface area (TPSA) is 91.2 Å². The lowest BCUT2D eigenvalue weighted by atomic mass is 10.2. The molecule has 0 spiro atoms. The van der Waals surface area contributed by atoms with Crippen molar-refractivity contribution in [1.29, 1.82) is 0 Å². The zero-order chi connectivity index (χ0) is 14.0. The molecule has 1 heterocycles. The maximum atomic E-state index is 13.1. The predicted octanol–water partition coefficient (Wildman–Crippen LogP) is 2.46. The molecular formula is C12H9BrFN3O2. The van der Waals surface area contributed by atoms with Gasteiger partial charge in [0.25, 0.3) is 5.91 Å². The van der Waals surface area contributed by atoms with Crippen molar-refractivity contribution in [3.05, 3.63) is 46.3 Å². The molecule has 0 aliphatic heterocycles. The number of ether oxygens (including phenoxy) is 1. The standard InChI is InChI=1S/C12H9BrFN3O2/c13-9-4-7(1-2-10(9)14)19-12-8(11(16)18)3-6(15)5-17-12/h1-5H,15H2,(H2,16,18). The number of pyridine rings is 1. The van der Waals surface area contributed by atoms with Crippen LogP contribution < -0.4 is 16.2 Å². The van der Waals surface area contributed by atoms with E-state index in [0.717, 1.165) is 0 Å². The zero-order valence-corrected chi connectivity index (χ0v) is 11.1. The predicted molar refractivity (Wildman–Crippen MR) is 71.3 cm³/mol. The number of hydrogen-bond donors (Lipinski definition) is 2. The van der Waals surface area contributed by atoms with E-state index < -0.39 is 11.7 Å². The molecule has 0 bridgehead atoms. The monoisotopic (exact) mass is 325 g/mol. The Bertz CT molecular complexity index is 649. The number of rotatable bonds is 3. The zero-order valence-electron chi connectivity index (χ0n) is 9.56. The molecule has 98 valence electrons. The molecule has 7 heteroatoms. The van der Waals surface area contributed by atoms with Crippen LogP contribution in [0, 0.1) is 5.82 Å². The van der Waals surface area contributed by atoms with Gasteiger partial charge in [-0.3, -0.25) is 4.79 Å². The molecule has 1 aromatic heterocycles. The Morgan fingerprint density at radius 3 is 2.74 bits per heavy atom. The van der Waals surface area contributed by atoms with E-state index in [1.54, 1.807) is 0 Å². The van der Waals surface area contributed by atoms with Crippen molar-refractivity contribution in [2.45, 2.75) is 0 Å². The van der Waals surface area contributed by atoms with Gasteiger partial charge in [-0.15, -0.1) is 0 Å². The summed E-state index contributed by atoms with van der Waals surface area (Å²) in [7, 11) is 0. The van der Waals surface area contributed by atoms with E-state index in [-0.39, 0.29) is 15.9 Å². The van der Waals surface area contributed by atoms with E-state index in [2.05, 4.69) is 20.9 Å². The van der Waals surface area contributed by atoms with Gasteiger partial charge in [0, 0.05) is 0 Å². The quantitative estimate of drug-likeness (QED) is 0.906. The van der Waals surface area contributed by atoms with Gasteiger partial charge in [0.15, 0.2) is 0 Å². The summed E-state index contributed by atoms with van der Waals surface area (Å²) in [6.45, 7) is 0. The highest BCUT2D eigenvalue weighted by Gasteiger charge is 2.13. The Balaban J connectivity index is 2.37. The summed E-state index contributed by atoms with van der Waals surface area (Å²) in [6, 6.07) is 5.41. The summed E-state index contributed by atoms with van der Waals surface area (Å²) in [5, 5.41) is 0. The van der Waals surface area contributed by atoms with Crippen LogP contribution in [0.25, 0.3) is 0 Å². The number of nitrogens with zero attached hydrogens (tertiary/aromatic N) is 1. The number of carbonyl (C=O) groups is 1. The number of hydrogen-bond acceptors (Lipinski definition) is 4. The number of halogens is 2. The summed E-state index contributed by atoms with van der Waals surface area (Å²) < 4.78 is 18.7. The number of amides is 1. The highest BCUT2D eigenvalue weighted by Crippen LogP contribution is 2.27. The van der Waals surface area contributed by atoms with Gasteiger partial charge >= 0.3 is 0 Å². The minimum Gasteiger partial charge on any atom is -0.438 e. The first kappa shape index (κ1) is 13.3. The molecule has 5 nitrogen and oxygen atoms in total. The maximum Gasteiger partial charge on any atom is 0.254 e. The molecule has 0 unspecified atom stereocenters. The maximum absolute atomic E-state index is 13.1. The van der Waals surface area contributed by atoms with E-state index in [0.29, 0.717) is 11.4 Å². The lowest BCUT2D eigenvalue weighted by Gasteiger charge is -2.09. The molecule has 0 aliphatic carbocycles. The first-order valence-corrected chi connectivity index (χ1v) is 5.95. The third-order valence-electron chi connectivity index (χ3n) is 2.24. The number of primary amides is 1. The van der Waals surface area contributed by atoms with Crippen LogP contribution >= 0.6 is 15.9 Å². The number of nitrogens with two attached hydrogens (primary N) is 2. The average Bonchev–Trinajstić information content (AvgIpc) is 2.36. The molecule has 19 heavy (non-hydrogen) atoms. The molecule has 2 aromatic rings. The van der Waals surface area contributed by atoms with Crippen molar-refractivity contribution in [3.8, 4) is 11.6 Å². The van der Waals surface area contributed by atoms with Crippen LogP contribution in [-0.4, -0.2) is 10.9 Å². The van der Waals surface area contributed by atoms with Gasteiger partial charge in [0.05, 0.1) is 16.4 Å². The lowest BCUT2D eigenvalue weighted by Crippen LogP contribution is -2.13.